The average molecular weight is 586 g/mol. The number of aryl methyl sites for hydroxylation is 1. The number of carbonyl (C=O) groups is 1. The summed E-state index contributed by atoms with van der Waals surface area (Å²) < 4.78 is 73.9. The van der Waals surface area contributed by atoms with E-state index >= 15 is 0 Å². The minimum Gasteiger partial charge on any atom is -0.482 e. The Morgan fingerprint density at radius 3 is 2.44 bits per heavy atom. The second-order valence-corrected chi connectivity index (χ2v) is 10.9. The first-order valence-electron chi connectivity index (χ1n) is 9.97. The van der Waals surface area contributed by atoms with Crippen LogP contribution in [0.25, 0.3) is 0 Å². The fraction of sp³-hybridized carbons (Fsp3) is 0.381. The molecule has 0 amide bonds. The molecule has 2 aromatic rings. The maximum atomic E-state index is 13.2. The first-order chi connectivity index (χ1) is 15.8. The summed E-state index contributed by atoms with van der Waals surface area (Å²) in [4.78, 5) is 11.3. The van der Waals surface area contributed by atoms with Gasteiger partial charge in [-0.15, -0.1) is 24.9 Å². The number of aliphatic carboxylic acids is 1. The summed E-state index contributed by atoms with van der Waals surface area (Å²) >= 11 is 4.46. The summed E-state index contributed by atoms with van der Waals surface area (Å²) in [5, 5.41) is 8.72. The lowest BCUT2D eigenvalue weighted by Crippen LogP contribution is -2.34. The van der Waals surface area contributed by atoms with Crippen molar-refractivity contribution in [3.63, 3.8) is 0 Å². The summed E-state index contributed by atoms with van der Waals surface area (Å²) in [6, 6.07) is 8.23. The molecule has 188 valence electrons. The molecule has 13 heteroatoms. The zero-order chi connectivity index (χ0) is 25.5. The lowest BCUT2D eigenvalue weighted by molar-refractivity contribution is -0.274. The van der Waals surface area contributed by atoms with Gasteiger partial charge in [0.05, 0.1) is 4.90 Å². The van der Waals surface area contributed by atoms with Crippen molar-refractivity contribution in [1.29, 1.82) is 0 Å². The molecular weight excluding hydrogens is 563 g/mol. The third-order valence-corrected chi connectivity index (χ3v) is 8.18. The van der Waals surface area contributed by atoms with Crippen molar-refractivity contribution in [3.05, 3.63) is 46.4 Å². The standard InChI is InChI=1S/C21H23BrF3NO6S2/c1-3-8-26(9-10-33-16-5-6-18(14(2)11-16)31-13-20(27)28)34(29,30)19-7-4-15(12-17(19)22)32-21(23,24)25/h4-7,11-12H,3,8-10,13H2,1-2H3,(H,27,28). The summed E-state index contributed by atoms with van der Waals surface area (Å²) in [7, 11) is -3.98. The van der Waals surface area contributed by atoms with E-state index in [-0.39, 0.29) is 22.5 Å². The number of benzene rings is 2. The zero-order valence-corrected chi connectivity index (χ0v) is 21.5. The van der Waals surface area contributed by atoms with E-state index in [9.17, 15) is 26.4 Å². The molecule has 0 heterocycles. The predicted molar refractivity (Wildman–Crippen MR) is 125 cm³/mol. The van der Waals surface area contributed by atoms with E-state index in [0.717, 1.165) is 28.7 Å². The van der Waals surface area contributed by atoms with Crippen LogP contribution >= 0.6 is 27.7 Å². The topological polar surface area (TPSA) is 93.1 Å². The van der Waals surface area contributed by atoms with Gasteiger partial charge in [-0.2, -0.15) is 4.31 Å². The Morgan fingerprint density at radius 1 is 1.18 bits per heavy atom. The largest absolute Gasteiger partial charge is 0.573 e. The van der Waals surface area contributed by atoms with Crippen LogP contribution in [0.3, 0.4) is 0 Å². The van der Waals surface area contributed by atoms with E-state index in [0.29, 0.717) is 17.9 Å². The van der Waals surface area contributed by atoms with Crippen LogP contribution in [-0.2, 0) is 14.8 Å². The molecule has 0 atom stereocenters. The molecule has 0 saturated carbocycles. The van der Waals surface area contributed by atoms with Gasteiger partial charge >= 0.3 is 12.3 Å². The maximum absolute atomic E-state index is 13.2. The van der Waals surface area contributed by atoms with E-state index in [1.807, 2.05) is 13.0 Å². The van der Waals surface area contributed by atoms with Crippen LogP contribution in [0.15, 0.2) is 50.7 Å². The predicted octanol–water partition coefficient (Wildman–Crippen LogP) is 5.31. The Bertz CT molecular complexity index is 1110. The molecule has 0 radical (unpaired) electrons. The fourth-order valence-electron chi connectivity index (χ4n) is 2.91. The van der Waals surface area contributed by atoms with Crippen LogP contribution in [0.5, 0.6) is 11.5 Å². The Kier molecular flexibility index (Phi) is 10.1. The highest BCUT2D eigenvalue weighted by Crippen LogP contribution is 2.32. The average Bonchev–Trinajstić information content (AvgIpc) is 2.71. The molecule has 0 fully saturated rings. The van der Waals surface area contributed by atoms with Gasteiger partial charge in [-0.1, -0.05) is 6.92 Å². The monoisotopic (exact) mass is 585 g/mol. The highest BCUT2D eigenvalue weighted by Gasteiger charge is 2.32. The van der Waals surface area contributed by atoms with Crippen molar-refractivity contribution >= 4 is 43.7 Å². The van der Waals surface area contributed by atoms with Gasteiger partial charge in [0, 0.05) is 28.2 Å². The van der Waals surface area contributed by atoms with E-state index < -0.39 is 34.7 Å². The van der Waals surface area contributed by atoms with Gasteiger partial charge in [0.15, 0.2) is 6.61 Å². The van der Waals surface area contributed by atoms with E-state index in [4.69, 9.17) is 9.84 Å². The van der Waals surface area contributed by atoms with E-state index in [1.165, 1.54) is 16.1 Å². The van der Waals surface area contributed by atoms with Gasteiger partial charge in [0.25, 0.3) is 0 Å². The molecule has 0 aliphatic rings. The molecule has 1 N–H and O–H groups in total. The number of ether oxygens (including phenoxy) is 2. The van der Waals surface area contributed by atoms with Gasteiger partial charge in [0.2, 0.25) is 10.0 Å². The van der Waals surface area contributed by atoms with E-state index in [1.54, 1.807) is 19.1 Å². The summed E-state index contributed by atoms with van der Waals surface area (Å²) in [6.07, 6.45) is -4.34. The number of alkyl halides is 3. The molecule has 0 bridgehead atoms. The first kappa shape index (κ1) is 28.3. The molecule has 0 spiro atoms. The maximum Gasteiger partial charge on any atom is 0.573 e. The third-order valence-electron chi connectivity index (χ3n) is 4.33. The van der Waals surface area contributed by atoms with Crippen molar-refractivity contribution in [2.45, 2.75) is 36.4 Å². The van der Waals surface area contributed by atoms with Crippen molar-refractivity contribution in [3.8, 4) is 11.5 Å². The minimum absolute atomic E-state index is 0.0319. The molecule has 0 saturated heterocycles. The van der Waals surface area contributed by atoms with Crippen molar-refractivity contribution in [1.82, 2.24) is 4.31 Å². The van der Waals surface area contributed by atoms with Crippen LogP contribution in [0, 0.1) is 6.92 Å². The second kappa shape index (κ2) is 12.1. The number of thioether (sulfide) groups is 1. The number of carboxylic acid groups (broad SMARTS) is 1. The lowest BCUT2D eigenvalue weighted by atomic mass is 10.2. The molecule has 0 aromatic heterocycles. The first-order valence-corrected chi connectivity index (χ1v) is 13.2. The molecular formula is C21H23BrF3NO6S2. The Hall–Kier alpha value is -1.96. The number of halogens is 4. The number of carboxylic acids is 1. The van der Waals surface area contributed by atoms with Crippen molar-refractivity contribution in [2.24, 2.45) is 0 Å². The molecule has 0 aliphatic carbocycles. The van der Waals surface area contributed by atoms with E-state index in [2.05, 4.69) is 20.7 Å². The highest BCUT2D eigenvalue weighted by molar-refractivity contribution is 9.10. The Morgan fingerprint density at radius 2 is 1.88 bits per heavy atom. The van der Waals surface area contributed by atoms with Crippen LogP contribution in [0.1, 0.15) is 18.9 Å². The van der Waals surface area contributed by atoms with Crippen LogP contribution in [0.4, 0.5) is 13.2 Å². The quantitative estimate of drug-likeness (QED) is 0.337. The molecule has 7 nitrogen and oxygen atoms in total. The second-order valence-electron chi connectivity index (χ2n) is 7.00. The van der Waals surface area contributed by atoms with Gasteiger partial charge in [0.1, 0.15) is 11.5 Å². The third kappa shape index (κ3) is 8.36. The van der Waals surface area contributed by atoms with Crippen molar-refractivity contribution in [2.75, 3.05) is 25.4 Å². The normalized spacial score (nSPS) is 12.1. The SMILES string of the molecule is CCCN(CCSc1ccc(OCC(=O)O)c(C)c1)S(=O)(=O)c1ccc(OC(F)(F)F)cc1Br. The molecule has 0 aliphatic heterocycles. The molecule has 34 heavy (non-hydrogen) atoms. The lowest BCUT2D eigenvalue weighted by Gasteiger charge is -2.22. The number of sulfonamides is 1. The number of nitrogens with zero attached hydrogens (tertiary/aromatic N) is 1. The Balaban J connectivity index is 2.09. The van der Waals surface area contributed by atoms with Gasteiger partial charge in [-0.3, -0.25) is 0 Å². The summed E-state index contributed by atoms with van der Waals surface area (Å²) in [5.41, 5.74) is 0.745. The Labute approximate surface area is 208 Å². The molecule has 2 rings (SSSR count). The number of hydrogen-bond donors (Lipinski definition) is 1. The fourth-order valence-corrected chi connectivity index (χ4v) is 6.54. The number of hydrogen-bond acceptors (Lipinski definition) is 6. The van der Waals surface area contributed by atoms with Gasteiger partial charge in [-0.05, 0) is 71.2 Å². The van der Waals surface area contributed by atoms with Crippen LogP contribution in [-0.4, -0.2) is 55.6 Å². The van der Waals surface area contributed by atoms with Crippen LogP contribution < -0.4 is 9.47 Å². The smallest absolute Gasteiger partial charge is 0.482 e. The number of rotatable bonds is 12. The molecule has 0 unspecified atom stereocenters. The zero-order valence-electron chi connectivity index (χ0n) is 18.3. The minimum atomic E-state index is -4.88. The van der Waals surface area contributed by atoms with Crippen molar-refractivity contribution < 1.29 is 41.0 Å². The summed E-state index contributed by atoms with van der Waals surface area (Å²) in [5.74, 6) is -0.739. The highest BCUT2D eigenvalue weighted by atomic mass is 79.9. The van der Waals surface area contributed by atoms with Gasteiger partial charge < -0.3 is 14.6 Å². The molecule has 2 aromatic carbocycles. The summed E-state index contributed by atoms with van der Waals surface area (Å²) in [6.45, 7) is 3.56. The van der Waals surface area contributed by atoms with Crippen LogP contribution in [0.2, 0.25) is 0 Å². The van der Waals surface area contributed by atoms with Gasteiger partial charge in [-0.25, -0.2) is 13.2 Å².